The highest BCUT2D eigenvalue weighted by Gasteiger charge is 2.27. The first-order valence-corrected chi connectivity index (χ1v) is 9.21. The van der Waals surface area contributed by atoms with Gasteiger partial charge in [0.25, 0.3) is 5.91 Å². The summed E-state index contributed by atoms with van der Waals surface area (Å²) in [5.74, 6) is 0.985. The van der Waals surface area contributed by atoms with E-state index in [1.54, 1.807) is 41.9 Å². The molecule has 3 heterocycles. The van der Waals surface area contributed by atoms with Gasteiger partial charge in [-0.05, 0) is 36.2 Å². The van der Waals surface area contributed by atoms with Crippen molar-refractivity contribution >= 4 is 44.9 Å². The predicted molar refractivity (Wildman–Crippen MR) is 102 cm³/mol. The Hall–Kier alpha value is -2.18. The van der Waals surface area contributed by atoms with Gasteiger partial charge in [0.15, 0.2) is 0 Å². The maximum atomic E-state index is 12.8. The van der Waals surface area contributed by atoms with E-state index >= 15 is 0 Å². The fourth-order valence-corrected chi connectivity index (χ4v) is 4.52. The first kappa shape index (κ1) is 16.3. The third kappa shape index (κ3) is 2.85. The van der Waals surface area contributed by atoms with Gasteiger partial charge < -0.3 is 9.80 Å². The lowest BCUT2D eigenvalue weighted by molar-refractivity contribution is 0.0737. The van der Waals surface area contributed by atoms with E-state index in [1.165, 1.54) is 10.4 Å². The van der Waals surface area contributed by atoms with Crippen molar-refractivity contribution in [2.24, 2.45) is 0 Å². The number of amides is 1. The molecule has 1 aromatic carbocycles. The van der Waals surface area contributed by atoms with Gasteiger partial charge in [0.1, 0.15) is 17.0 Å². The molecule has 0 aliphatic carbocycles. The summed E-state index contributed by atoms with van der Waals surface area (Å²) in [6, 6.07) is 7.06. The molecule has 1 aliphatic rings. The van der Waals surface area contributed by atoms with Crippen LogP contribution in [0.15, 0.2) is 30.6 Å². The topological polar surface area (TPSA) is 49.3 Å². The van der Waals surface area contributed by atoms with Crippen molar-refractivity contribution in [2.45, 2.75) is 13.0 Å². The summed E-state index contributed by atoms with van der Waals surface area (Å²) in [6.45, 7) is 1.31. The van der Waals surface area contributed by atoms with Crippen molar-refractivity contribution < 1.29 is 4.79 Å². The minimum atomic E-state index is 0.0405. The van der Waals surface area contributed by atoms with E-state index in [4.69, 9.17) is 11.6 Å². The molecule has 0 unspecified atom stereocenters. The van der Waals surface area contributed by atoms with Crippen molar-refractivity contribution in [2.75, 3.05) is 25.5 Å². The monoisotopic (exact) mass is 372 g/mol. The highest BCUT2D eigenvalue weighted by Crippen LogP contribution is 2.38. The highest BCUT2D eigenvalue weighted by atomic mass is 35.5. The molecule has 0 bridgehead atoms. The SMILES string of the molecule is CN(C)c1ncnc2sc3c(c12)CCN(C(=O)c1ccc(Cl)cc1)C3. The molecule has 0 spiro atoms. The molecule has 0 radical (unpaired) electrons. The average molecular weight is 373 g/mol. The number of hydrogen-bond acceptors (Lipinski definition) is 5. The molecule has 3 aromatic rings. The van der Waals surface area contributed by atoms with Gasteiger partial charge in [-0.25, -0.2) is 9.97 Å². The molecular weight excluding hydrogens is 356 g/mol. The minimum Gasteiger partial charge on any atom is -0.362 e. The molecule has 1 aliphatic heterocycles. The van der Waals surface area contributed by atoms with E-state index in [2.05, 4.69) is 9.97 Å². The lowest BCUT2D eigenvalue weighted by Gasteiger charge is -2.27. The van der Waals surface area contributed by atoms with Crippen molar-refractivity contribution in [3.63, 3.8) is 0 Å². The second-order valence-electron chi connectivity index (χ2n) is 6.26. The molecule has 0 fully saturated rings. The molecule has 1 amide bonds. The zero-order valence-corrected chi connectivity index (χ0v) is 15.6. The number of nitrogens with zero attached hydrogens (tertiary/aromatic N) is 4. The summed E-state index contributed by atoms with van der Waals surface area (Å²) in [7, 11) is 3.98. The lowest BCUT2D eigenvalue weighted by Crippen LogP contribution is -2.35. The predicted octanol–water partition coefficient (Wildman–Crippen LogP) is 3.61. The van der Waals surface area contributed by atoms with Crippen LogP contribution in [0.1, 0.15) is 20.8 Å². The second kappa shape index (κ2) is 6.28. The van der Waals surface area contributed by atoms with Crippen LogP contribution in [-0.4, -0.2) is 41.4 Å². The molecule has 128 valence electrons. The van der Waals surface area contributed by atoms with Crippen LogP contribution in [0.5, 0.6) is 0 Å². The Labute approximate surface area is 154 Å². The first-order valence-electron chi connectivity index (χ1n) is 8.02. The average Bonchev–Trinajstić information content (AvgIpc) is 2.99. The molecule has 0 saturated carbocycles. The van der Waals surface area contributed by atoms with E-state index < -0.39 is 0 Å². The summed E-state index contributed by atoms with van der Waals surface area (Å²) in [4.78, 5) is 27.7. The third-order valence-corrected chi connectivity index (χ3v) is 5.80. The molecule has 25 heavy (non-hydrogen) atoms. The first-order chi connectivity index (χ1) is 12.0. The van der Waals surface area contributed by atoms with Crippen LogP contribution in [0.25, 0.3) is 10.2 Å². The van der Waals surface area contributed by atoms with Gasteiger partial charge in [-0.1, -0.05) is 11.6 Å². The Kier molecular flexibility index (Phi) is 4.09. The number of halogens is 1. The van der Waals surface area contributed by atoms with E-state index in [-0.39, 0.29) is 5.91 Å². The van der Waals surface area contributed by atoms with Gasteiger partial charge in [0.05, 0.1) is 11.9 Å². The highest BCUT2D eigenvalue weighted by molar-refractivity contribution is 7.19. The number of fused-ring (bicyclic) bond motifs is 3. The maximum absolute atomic E-state index is 12.8. The number of thiophene rings is 1. The largest absolute Gasteiger partial charge is 0.362 e. The smallest absolute Gasteiger partial charge is 0.254 e. The number of hydrogen-bond donors (Lipinski definition) is 0. The number of carbonyl (C=O) groups excluding carboxylic acids is 1. The van der Waals surface area contributed by atoms with E-state index in [9.17, 15) is 4.79 Å². The normalized spacial score (nSPS) is 13.8. The molecule has 0 N–H and O–H groups in total. The molecule has 4 rings (SSSR count). The quantitative estimate of drug-likeness (QED) is 0.689. The molecule has 5 nitrogen and oxygen atoms in total. The zero-order valence-electron chi connectivity index (χ0n) is 14.0. The van der Waals surface area contributed by atoms with Gasteiger partial charge in [0, 0.05) is 36.1 Å². The Balaban J connectivity index is 1.68. The van der Waals surface area contributed by atoms with Crippen LogP contribution in [0.3, 0.4) is 0 Å². The van der Waals surface area contributed by atoms with Crippen molar-refractivity contribution in [3.8, 4) is 0 Å². The van der Waals surface area contributed by atoms with E-state index in [0.717, 1.165) is 22.5 Å². The van der Waals surface area contributed by atoms with Crippen molar-refractivity contribution in [1.82, 2.24) is 14.9 Å². The lowest BCUT2D eigenvalue weighted by atomic mass is 10.0. The molecule has 2 aromatic heterocycles. The van der Waals surface area contributed by atoms with Crippen molar-refractivity contribution in [3.05, 3.63) is 51.6 Å². The van der Waals surface area contributed by atoms with Crippen LogP contribution in [0, 0.1) is 0 Å². The molecule has 7 heteroatoms. The number of benzene rings is 1. The fraction of sp³-hybridized carbons (Fsp3) is 0.278. The standard InChI is InChI=1S/C18H17ClN4OS/c1-22(2)16-15-13-7-8-23(9-14(13)25-17(15)21-10-20-16)18(24)11-3-5-12(19)6-4-11/h3-6,10H,7-9H2,1-2H3. The van der Waals surface area contributed by atoms with E-state index in [1.807, 2.05) is 23.9 Å². The van der Waals surface area contributed by atoms with Crippen LogP contribution in [-0.2, 0) is 13.0 Å². The van der Waals surface area contributed by atoms with Crippen LogP contribution in [0.2, 0.25) is 5.02 Å². The summed E-state index contributed by atoms with van der Waals surface area (Å²) in [5.41, 5.74) is 1.95. The number of aromatic nitrogens is 2. The molecule has 0 atom stereocenters. The molecular formula is C18H17ClN4OS. The summed E-state index contributed by atoms with van der Waals surface area (Å²) in [6.07, 6.45) is 2.43. The molecule has 0 saturated heterocycles. The maximum Gasteiger partial charge on any atom is 0.254 e. The number of anilines is 1. The van der Waals surface area contributed by atoms with E-state index in [0.29, 0.717) is 23.7 Å². The van der Waals surface area contributed by atoms with Crippen molar-refractivity contribution in [1.29, 1.82) is 0 Å². The Morgan fingerprint density at radius 3 is 2.72 bits per heavy atom. The van der Waals surface area contributed by atoms with Gasteiger partial charge in [-0.3, -0.25) is 4.79 Å². The van der Waals surface area contributed by atoms with Gasteiger partial charge in [-0.2, -0.15) is 0 Å². The van der Waals surface area contributed by atoms with Gasteiger partial charge in [0.2, 0.25) is 0 Å². The zero-order chi connectivity index (χ0) is 17.6. The minimum absolute atomic E-state index is 0.0405. The Morgan fingerprint density at radius 2 is 2.00 bits per heavy atom. The van der Waals surface area contributed by atoms with Crippen LogP contribution in [0.4, 0.5) is 5.82 Å². The van der Waals surface area contributed by atoms with Gasteiger partial charge in [-0.15, -0.1) is 11.3 Å². The Morgan fingerprint density at radius 1 is 1.24 bits per heavy atom. The summed E-state index contributed by atoms with van der Waals surface area (Å²) < 4.78 is 0. The number of rotatable bonds is 2. The van der Waals surface area contributed by atoms with Crippen LogP contribution >= 0.6 is 22.9 Å². The summed E-state index contributed by atoms with van der Waals surface area (Å²) in [5, 5.41) is 1.77. The van der Waals surface area contributed by atoms with Crippen LogP contribution < -0.4 is 4.90 Å². The fourth-order valence-electron chi connectivity index (χ4n) is 3.20. The third-order valence-electron chi connectivity index (χ3n) is 4.42. The summed E-state index contributed by atoms with van der Waals surface area (Å²) >= 11 is 7.57. The van der Waals surface area contributed by atoms with Gasteiger partial charge >= 0.3 is 0 Å². The number of carbonyl (C=O) groups is 1. The Bertz CT molecular complexity index is 952. The second-order valence-corrected chi connectivity index (χ2v) is 7.78.